The summed E-state index contributed by atoms with van der Waals surface area (Å²) in [6.45, 7) is 6.25. The number of hydrogen-bond acceptors (Lipinski definition) is 4. The molecule has 2 aromatic rings. The fraction of sp³-hybridized carbons (Fsp3) is 0.444. The minimum absolute atomic E-state index is 0.00634. The Morgan fingerprint density at radius 2 is 1.62 bits per heavy atom. The number of carbonyl (C=O) groups excluding carboxylic acids is 3. The summed E-state index contributed by atoms with van der Waals surface area (Å²) in [7, 11) is 0. The van der Waals surface area contributed by atoms with Crippen LogP contribution in [0.2, 0.25) is 0 Å². The first-order chi connectivity index (χ1) is 16.4. The summed E-state index contributed by atoms with van der Waals surface area (Å²) in [6.07, 6.45) is 4.86. The minimum atomic E-state index is -0.254. The number of likely N-dealkylation sites (tertiary alicyclic amines) is 1. The molecular weight excluding hydrogens is 428 g/mol. The van der Waals surface area contributed by atoms with Crippen LogP contribution in [0.5, 0.6) is 0 Å². The van der Waals surface area contributed by atoms with Crippen LogP contribution in [0.3, 0.4) is 0 Å². The lowest BCUT2D eigenvalue weighted by atomic mass is 9.95. The van der Waals surface area contributed by atoms with Gasteiger partial charge in [0.05, 0.1) is 11.4 Å². The molecule has 1 unspecified atom stereocenters. The SMILES string of the molecule is Cc1cc(C)cc(NC(=O)CN2C(=O)C3CCCCN3c3ccc(C(=O)N4CCCC4)cc32)c1. The summed E-state index contributed by atoms with van der Waals surface area (Å²) in [5.74, 6) is -0.313. The van der Waals surface area contributed by atoms with E-state index in [-0.39, 0.29) is 30.3 Å². The molecule has 3 aliphatic rings. The highest BCUT2D eigenvalue weighted by molar-refractivity contribution is 6.11. The summed E-state index contributed by atoms with van der Waals surface area (Å²) < 4.78 is 0. The van der Waals surface area contributed by atoms with Crippen molar-refractivity contribution in [3.8, 4) is 0 Å². The Morgan fingerprint density at radius 3 is 2.35 bits per heavy atom. The molecule has 0 spiro atoms. The molecule has 0 radical (unpaired) electrons. The molecule has 178 valence electrons. The smallest absolute Gasteiger partial charge is 0.253 e. The van der Waals surface area contributed by atoms with Crippen LogP contribution in [-0.2, 0) is 9.59 Å². The van der Waals surface area contributed by atoms with Crippen molar-refractivity contribution in [1.82, 2.24) is 4.90 Å². The zero-order valence-electron chi connectivity index (χ0n) is 20.0. The second-order valence-electron chi connectivity index (χ2n) is 9.76. The Labute approximate surface area is 200 Å². The van der Waals surface area contributed by atoms with Gasteiger partial charge >= 0.3 is 0 Å². The van der Waals surface area contributed by atoms with Crippen molar-refractivity contribution in [2.45, 2.75) is 52.0 Å². The number of benzene rings is 2. The molecule has 34 heavy (non-hydrogen) atoms. The first-order valence-corrected chi connectivity index (χ1v) is 12.3. The van der Waals surface area contributed by atoms with E-state index in [1.165, 1.54) is 0 Å². The lowest BCUT2D eigenvalue weighted by Gasteiger charge is -2.45. The fourth-order valence-electron chi connectivity index (χ4n) is 5.55. The Kier molecular flexibility index (Phi) is 6.02. The molecule has 3 aliphatic heterocycles. The van der Waals surface area contributed by atoms with Crippen LogP contribution in [0.25, 0.3) is 0 Å². The molecule has 7 nitrogen and oxygen atoms in total. The molecule has 3 amide bonds. The summed E-state index contributed by atoms with van der Waals surface area (Å²) in [6, 6.07) is 11.3. The molecule has 0 bridgehead atoms. The van der Waals surface area contributed by atoms with E-state index in [0.717, 1.165) is 74.2 Å². The summed E-state index contributed by atoms with van der Waals surface area (Å²) in [5, 5.41) is 2.95. The van der Waals surface area contributed by atoms with E-state index in [9.17, 15) is 14.4 Å². The fourth-order valence-corrected chi connectivity index (χ4v) is 5.55. The van der Waals surface area contributed by atoms with Gasteiger partial charge in [-0.15, -0.1) is 0 Å². The van der Waals surface area contributed by atoms with E-state index in [2.05, 4.69) is 16.3 Å². The molecule has 0 saturated carbocycles. The third-order valence-corrected chi connectivity index (χ3v) is 7.08. The Balaban J connectivity index is 1.45. The zero-order chi connectivity index (χ0) is 23.8. The average Bonchev–Trinajstić information content (AvgIpc) is 3.35. The quantitative estimate of drug-likeness (QED) is 0.752. The maximum atomic E-state index is 13.6. The number of piperidine rings is 1. The van der Waals surface area contributed by atoms with Gasteiger partial charge in [-0.3, -0.25) is 19.3 Å². The maximum Gasteiger partial charge on any atom is 0.253 e. The molecule has 1 N–H and O–H groups in total. The summed E-state index contributed by atoms with van der Waals surface area (Å²) in [4.78, 5) is 45.3. The van der Waals surface area contributed by atoms with Gasteiger partial charge in [-0.1, -0.05) is 6.07 Å². The first kappa shape index (κ1) is 22.4. The number of hydrogen-bond donors (Lipinski definition) is 1. The molecule has 5 rings (SSSR count). The maximum absolute atomic E-state index is 13.6. The van der Waals surface area contributed by atoms with Crippen molar-refractivity contribution < 1.29 is 14.4 Å². The highest BCUT2D eigenvalue weighted by Crippen LogP contribution is 2.40. The van der Waals surface area contributed by atoms with Crippen molar-refractivity contribution in [2.75, 3.05) is 41.3 Å². The first-order valence-electron chi connectivity index (χ1n) is 12.3. The van der Waals surface area contributed by atoms with Gasteiger partial charge in [0.15, 0.2) is 0 Å². The van der Waals surface area contributed by atoms with Crippen molar-refractivity contribution >= 4 is 34.8 Å². The topological polar surface area (TPSA) is 73.0 Å². The second kappa shape index (κ2) is 9.12. The van der Waals surface area contributed by atoms with Gasteiger partial charge in [-0.2, -0.15) is 0 Å². The molecule has 2 saturated heterocycles. The number of carbonyl (C=O) groups is 3. The van der Waals surface area contributed by atoms with Gasteiger partial charge in [-0.05, 0) is 87.4 Å². The lowest BCUT2D eigenvalue weighted by molar-refractivity contribution is -0.123. The van der Waals surface area contributed by atoms with Gasteiger partial charge < -0.3 is 15.1 Å². The lowest BCUT2D eigenvalue weighted by Crippen LogP contribution is -2.56. The highest BCUT2D eigenvalue weighted by atomic mass is 16.2. The molecule has 2 fully saturated rings. The van der Waals surface area contributed by atoms with Crippen molar-refractivity contribution in [2.24, 2.45) is 0 Å². The standard InChI is InChI=1S/C27H32N4O3/c1-18-13-19(2)15-21(14-18)28-25(32)17-31-24-16-20(26(33)29-10-5-6-11-29)8-9-22(24)30-12-4-3-7-23(30)27(31)34/h8-9,13-16,23H,3-7,10-12,17H2,1-2H3,(H,28,32). The number of rotatable bonds is 4. The predicted molar refractivity (Wildman–Crippen MR) is 133 cm³/mol. The van der Waals surface area contributed by atoms with Crippen LogP contribution in [0.15, 0.2) is 36.4 Å². The summed E-state index contributed by atoms with van der Waals surface area (Å²) in [5.41, 5.74) is 5.02. The molecule has 7 heteroatoms. The van der Waals surface area contributed by atoms with E-state index < -0.39 is 0 Å². The third kappa shape index (κ3) is 4.27. The van der Waals surface area contributed by atoms with Crippen LogP contribution >= 0.6 is 0 Å². The van der Waals surface area contributed by atoms with Crippen LogP contribution in [-0.4, -0.2) is 54.8 Å². The second-order valence-corrected chi connectivity index (χ2v) is 9.76. The van der Waals surface area contributed by atoms with Gasteiger partial charge in [0.1, 0.15) is 12.6 Å². The van der Waals surface area contributed by atoms with Crippen LogP contribution in [0.4, 0.5) is 17.1 Å². The zero-order valence-corrected chi connectivity index (χ0v) is 20.0. The van der Waals surface area contributed by atoms with Crippen molar-refractivity contribution in [3.05, 3.63) is 53.1 Å². The highest BCUT2D eigenvalue weighted by Gasteiger charge is 2.40. The number of fused-ring (bicyclic) bond motifs is 3. The van der Waals surface area contributed by atoms with E-state index in [1.807, 2.05) is 49.1 Å². The third-order valence-electron chi connectivity index (χ3n) is 7.08. The van der Waals surface area contributed by atoms with E-state index in [4.69, 9.17) is 0 Å². The van der Waals surface area contributed by atoms with Gasteiger partial charge in [0.2, 0.25) is 11.8 Å². The molecule has 0 aliphatic carbocycles. The largest absolute Gasteiger partial charge is 0.358 e. The Bertz CT molecular complexity index is 1120. The monoisotopic (exact) mass is 460 g/mol. The van der Waals surface area contributed by atoms with Crippen molar-refractivity contribution in [3.63, 3.8) is 0 Å². The molecular formula is C27H32N4O3. The molecule has 1 atom stereocenters. The van der Waals surface area contributed by atoms with E-state index >= 15 is 0 Å². The van der Waals surface area contributed by atoms with Gasteiger partial charge in [0, 0.05) is 30.9 Å². The van der Waals surface area contributed by atoms with Crippen LogP contribution in [0.1, 0.15) is 53.6 Å². The summed E-state index contributed by atoms with van der Waals surface area (Å²) >= 11 is 0. The molecule has 0 aromatic heterocycles. The van der Waals surface area contributed by atoms with Crippen LogP contribution in [0, 0.1) is 13.8 Å². The number of anilines is 3. The number of amides is 3. The Hall–Kier alpha value is -3.35. The average molecular weight is 461 g/mol. The van der Waals surface area contributed by atoms with E-state index in [0.29, 0.717) is 11.3 Å². The normalized spacial score (nSPS) is 19.6. The van der Waals surface area contributed by atoms with Crippen LogP contribution < -0.4 is 15.1 Å². The van der Waals surface area contributed by atoms with Gasteiger partial charge in [-0.25, -0.2) is 0 Å². The molecule has 3 heterocycles. The minimum Gasteiger partial charge on any atom is -0.358 e. The Morgan fingerprint density at radius 1 is 0.912 bits per heavy atom. The number of nitrogens with one attached hydrogen (secondary N) is 1. The number of nitrogens with zero attached hydrogens (tertiary/aromatic N) is 3. The van der Waals surface area contributed by atoms with E-state index in [1.54, 1.807) is 4.90 Å². The van der Waals surface area contributed by atoms with Gasteiger partial charge in [0.25, 0.3) is 5.91 Å². The number of aryl methyl sites for hydroxylation is 2. The predicted octanol–water partition coefficient (Wildman–Crippen LogP) is 3.88. The van der Waals surface area contributed by atoms with Crippen molar-refractivity contribution in [1.29, 1.82) is 0 Å². The molecule has 2 aromatic carbocycles.